The third kappa shape index (κ3) is 2.45. The molecule has 0 aromatic rings. The Morgan fingerprint density at radius 1 is 1.17 bits per heavy atom. The standard InChI is InChI=1S/C21H36O3/c1-14-20(10-9-15-11-21(14,20)24-16(15)22)23-13-19(8,18(5,6)7)12-17(2,3)4/h14-15H,9-13H2,1-8H3/t14?,15?,19-,20?,21?/m1/s1. The van der Waals surface area contributed by atoms with Gasteiger partial charge in [-0.15, -0.1) is 0 Å². The molecule has 0 radical (unpaired) electrons. The highest BCUT2D eigenvalue weighted by molar-refractivity contribution is 5.78. The minimum Gasteiger partial charge on any atom is -0.455 e. The predicted octanol–water partition coefficient (Wildman–Crippen LogP) is 4.98. The Labute approximate surface area is 147 Å². The van der Waals surface area contributed by atoms with Crippen LogP contribution >= 0.6 is 0 Å². The first kappa shape index (κ1) is 18.2. The van der Waals surface area contributed by atoms with Crippen LogP contribution in [0.2, 0.25) is 0 Å². The summed E-state index contributed by atoms with van der Waals surface area (Å²) in [7, 11) is 0. The molecule has 3 aliphatic rings. The lowest BCUT2D eigenvalue weighted by molar-refractivity contribution is -0.150. The maximum Gasteiger partial charge on any atom is 0.309 e. The number of carbonyl (C=O) groups excluding carboxylic acids is 1. The van der Waals surface area contributed by atoms with E-state index in [9.17, 15) is 4.79 Å². The Morgan fingerprint density at radius 3 is 2.33 bits per heavy atom. The van der Waals surface area contributed by atoms with Gasteiger partial charge in [0.05, 0.1) is 12.5 Å². The molecule has 1 aliphatic heterocycles. The Morgan fingerprint density at radius 2 is 1.79 bits per heavy atom. The van der Waals surface area contributed by atoms with Crippen LogP contribution in [-0.2, 0) is 14.3 Å². The summed E-state index contributed by atoms with van der Waals surface area (Å²) in [5.41, 5.74) is -0.0320. The van der Waals surface area contributed by atoms with Crippen LogP contribution in [0, 0.1) is 28.1 Å². The highest BCUT2D eigenvalue weighted by Gasteiger charge is 2.83. The molecule has 24 heavy (non-hydrogen) atoms. The van der Waals surface area contributed by atoms with Crippen LogP contribution in [0.4, 0.5) is 0 Å². The van der Waals surface area contributed by atoms with E-state index in [-0.39, 0.29) is 39.3 Å². The quantitative estimate of drug-likeness (QED) is 0.680. The van der Waals surface area contributed by atoms with E-state index in [0.29, 0.717) is 5.92 Å². The van der Waals surface area contributed by atoms with Crippen molar-refractivity contribution in [1.82, 2.24) is 0 Å². The molecule has 3 fully saturated rings. The summed E-state index contributed by atoms with van der Waals surface area (Å²) in [5.74, 6) is 0.466. The summed E-state index contributed by atoms with van der Waals surface area (Å²) in [5, 5.41) is 0. The molecule has 0 N–H and O–H groups in total. The molecule has 1 saturated heterocycles. The first-order valence-corrected chi connectivity index (χ1v) is 9.63. The average Bonchev–Trinajstić information content (AvgIpc) is 2.76. The van der Waals surface area contributed by atoms with Gasteiger partial charge in [0.2, 0.25) is 0 Å². The van der Waals surface area contributed by atoms with E-state index in [4.69, 9.17) is 9.47 Å². The van der Waals surface area contributed by atoms with Gasteiger partial charge in [-0.25, -0.2) is 0 Å². The molecule has 3 rings (SSSR count). The number of fused-ring (bicyclic) bond motifs is 1. The summed E-state index contributed by atoms with van der Waals surface area (Å²) in [6.45, 7) is 19.2. The van der Waals surface area contributed by atoms with E-state index in [2.05, 4.69) is 55.4 Å². The van der Waals surface area contributed by atoms with Crippen LogP contribution in [0.1, 0.15) is 81.1 Å². The molecule has 1 heterocycles. The average molecular weight is 337 g/mol. The van der Waals surface area contributed by atoms with E-state index in [1.54, 1.807) is 0 Å². The Kier molecular flexibility index (Phi) is 3.79. The second kappa shape index (κ2) is 4.99. The van der Waals surface area contributed by atoms with Gasteiger partial charge in [-0.05, 0) is 35.5 Å². The van der Waals surface area contributed by atoms with Crippen LogP contribution in [-0.4, -0.2) is 23.8 Å². The highest BCUT2D eigenvalue weighted by Crippen LogP contribution is 2.71. The lowest BCUT2D eigenvalue weighted by Gasteiger charge is -2.46. The van der Waals surface area contributed by atoms with Gasteiger partial charge in [-0.3, -0.25) is 4.79 Å². The molecule has 0 amide bonds. The third-order valence-corrected chi connectivity index (χ3v) is 7.44. The maximum atomic E-state index is 12.0. The van der Waals surface area contributed by atoms with Gasteiger partial charge >= 0.3 is 5.97 Å². The summed E-state index contributed by atoms with van der Waals surface area (Å²) in [4.78, 5) is 12.0. The van der Waals surface area contributed by atoms with Crippen molar-refractivity contribution < 1.29 is 14.3 Å². The zero-order valence-electron chi connectivity index (χ0n) is 16.9. The molecule has 2 bridgehead atoms. The molecule has 2 saturated carbocycles. The fourth-order valence-corrected chi connectivity index (χ4v) is 5.37. The van der Waals surface area contributed by atoms with Crippen LogP contribution in [0.3, 0.4) is 0 Å². The summed E-state index contributed by atoms with van der Waals surface area (Å²) in [6.07, 6.45) is 3.89. The Balaban J connectivity index is 1.78. The zero-order chi connectivity index (χ0) is 18.2. The van der Waals surface area contributed by atoms with E-state index in [1.165, 1.54) is 0 Å². The van der Waals surface area contributed by atoms with Crippen LogP contribution in [0.15, 0.2) is 0 Å². The van der Waals surface area contributed by atoms with Crippen LogP contribution < -0.4 is 0 Å². The smallest absolute Gasteiger partial charge is 0.309 e. The van der Waals surface area contributed by atoms with Crippen LogP contribution in [0.5, 0.6) is 0 Å². The molecule has 138 valence electrons. The second-order valence-corrected chi connectivity index (χ2v) is 11.2. The fraction of sp³-hybridized carbons (Fsp3) is 0.952. The zero-order valence-corrected chi connectivity index (χ0v) is 16.9. The van der Waals surface area contributed by atoms with Gasteiger partial charge in [0, 0.05) is 12.3 Å². The first-order valence-electron chi connectivity index (χ1n) is 9.63. The summed E-state index contributed by atoms with van der Waals surface area (Å²) in [6, 6.07) is 0. The van der Waals surface area contributed by atoms with Crippen molar-refractivity contribution in [2.45, 2.75) is 92.3 Å². The molecule has 0 aromatic carbocycles. The highest BCUT2D eigenvalue weighted by atomic mass is 16.6. The molecule has 4 unspecified atom stereocenters. The number of hydrogen-bond acceptors (Lipinski definition) is 3. The van der Waals surface area contributed by atoms with Gasteiger partial charge in [-0.2, -0.15) is 0 Å². The van der Waals surface area contributed by atoms with E-state index in [1.807, 2.05) is 0 Å². The molecule has 2 aliphatic carbocycles. The second-order valence-electron chi connectivity index (χ2n) is 11.2. The van der Waals surface area contributed by atoms with Crippen molar-refractivity contribution in [2.75, 3.05) is 6.61 Å². The number of rotatable bonds is 4. The normalized spacial score (nSPS) is 40.8. The van der Waals surface area contributed by atoms with Crippen LogP contribution in [0.25, 0.3) is 0 Å². The van der Waals surface area contributed by atoms with Gasteiger partial charge < -0.3 is 9.47 Å². The van der Waals surface area contributed by atoms with E-state index >= 15 is 0 Å². The molecular formula is C21H36O3. The van der Waals surface area contributed by atoms with Crippen molar-refractivity contribution in [1.29, 1.82) is 0 Å². The lowest BCUT2D eigenvalue weighted by atomic mass is 9.62. The van der Waals surface area contributed by atoms with Crippen molar-refractivity contribution >= 4 is 5.97 Å². The summed E-state index contributed by atoms with van der Waals surface area (Å²) >= 11 is 0. The summed E-state index contributed by atoms with van der Waals surface area (Å²) < 4.78 is 12.5. The van der Waals surface area contributed by atoms with Gasteiger partial charge in [0.15, 0.2) is 0 Å². The minimum atomic E-state index is -0.312. The molecule has 3 nitrogen and oxygen atoms in total. The number of hydrogen-bond donors (Lipinski definition) is 0. The van der Waals surface area contributed by atoms with Crippen molar-refractivity contribution in [3.05, 3.63) is 0 Å². The SMILES string of the molecule is CC1C2(OC[C@@](C)(CC(C)(C)C)C(C)(C)C)CCC3CC12OC3=O. The number of ether oxygens (including phenoxy) is 2. The van der Waals surface area contributed by atoms with Gasteiger partial charge in [0.25, 0.3) is 0 Å². The van der Waals surface area contributed by atoms with Crippen molar-refractivity contribution in [2.24, 2.45) is 28.1 Å². The minimum absolute atomic E-state index is 0.0121. The lowest BCUT2D eigenvalue weighted by Crippen LogP contribution is -2.43. The molecule has 3 heteroatoms. The predicted molar refractivity (Wildman–Crippen MR) is 95.6 cm³/mol. The number of carbonyl (C=O) groups is 1. The van der Waals surface area contributed by atoms with Crippen molar-refractivity contribution in [3.8, 4) is 0 Å². The largest absolute Gasteiger partial charge is 0.455 e. The van der Waals surface area contributed by atoms with Gasteiger partial charge in [0.1, 0.15) is 11.2 Å². The molecule has 0 aromatic heterocycles. The van der Waals surface area contributed by atoms with E-state index < -0.39 is 0 Å². The third-order valence-electron chi connectivity index (χ3n) is 7.44. The first-order chi connectivity index (χ1) is 10.8. The fourth-order valence-electron chi connectivity index (χ4n) is 5.37. The molecule has 1 spiro atoms. The topological polar surface area (TPSA) is 35.5 Å². The van der Waals surface area contributed by atoms with Gasteiger partial charge in [-0.1, -0.05) is 55.4 Å². The molecule has 5 atom stereocenters. The Hall–Kier alpha value is -0.570. The Bertz CT molecular complexity index is 540. The van der Waals surface area contributed by atoms with Crippen molar-refractivity contribution in [3.63, 3.8) is 0 Å². The monoisotopic (exact) mass is 336 g/mol. The molecular weight excluding hydrogens is 300 g/mol. The number of esters is 1. The maximum absolute atomic E-state index is 12.0. The van der Waals surface area contributed by atoms with E-state index in [0.717, 1.165) is 32.3 Å².